The van der Waals surface area contributed by atoms with E-state index in [-0.39, 0.29) is 17.3 Å². The van der Waals surface area contributed by atoms with E-state index in [1.54, 1.807) is 6.07 Å². The first-order chi connectivity index (χ1) is 11.0. The Morgan fingerprint density at radius 2 is 2.04 bits per heavy atom. The number of nitrogens with two attached hydrogens (primary N) is 1. The van der Waals surface area contributed by atoms with Crippen molar-refractivity contribution in [1.29, 1.82) is 0 Å². The Bertz CT molecular complexity index is 613. The van der Waals surface area contributed by atoms with E-state index in [0.717, 1.165) is 19.5 Å². The van der Waals surface area contributed by atoms with Crippen LogP contribution in [0.25, 0.3) is 0 Å². The van der Waals surface area contributed by atoms with E-state index in [2.05, 4.69) is 10.2 Å². The van der Waals surface area contributed by atoms with Gasteiger partial charge in [-0.25, -0.2) is 0 Å². The summed E-state index contributed by atoms with van der Waals surface area (Å²) in [7, 11) is 0. The van der Waals surface area contributed by atoms with Crippen LogP contribution in [0.2, 0.25) is 0 Å². The lowest BCUT2D eigenvalue weighted by molar-refractivity contribution is -0.384. The summed E-state index contributed by atoms with van der Waals surface area (Å²) in [5.41, 5.74) is 6.01. The highest BCUT2D eigenvalue weighted by Gasteiger charge is 2.30. The van der Waals surface area contributed by atoms with Gasteiger partial charge in [0.05, 0.1) is 10.5 Å². The van der Waals surface area contributed by atoms with Crippen molar-refractivity contribution in [2.75, 3.05) is 18.4 Å². The van der Waals surface area contributed by atoms with E-state index in [1.807, 2.05) is 0 Å². The van der Waals surface area contributed by atoms with Crippen molar-refractivity contribution < 1.29 is 9.72 Å². The number of anilines is 1. The van der Waals surface area contributed by atoms with Gasteiger partial charge in [0, 0.05) is 43.0 Å². The molecule has 7 heteroatoms. The number of benzene rings is 1. The first-order valence-electron chi connectivity index (χ1n) is 8.13. The van der Waals surface area contributed by atoms with Gasteiger partial charge in [-0.15, -0.1) is 0 Å². The lowest BCUT2D eigenvalue weighted by Gasteiger charge is -2.24. The maximum Gasteiger partial charge on any atom is 0.270 e. The largest absolute Gasteiger partial charge is 0.380 e. The molecule has 0 radical (unpaired) electrons. The predicted molar refractivity (Wildman–Crippen MR) is 87.5 cm³/mol. The number of non-ortho nitro benzene ring substituents is 1. The number of hydrogen-bond donors (Lipinski definition) is 2. The highest BCUT2D eigenvalue weighted by atomic mass is 16.6. The molecule has 1 amide bonds. The second-order valence-corrected chi connectivity index (χ2v) is 6.41. The Hall–Kier alpha value is -2.15. The summed E-state index contributed by atoms with van der Waals surface area (Å²) in [6, 6.07) is 5.16. The fraction of sp³-hybridized carbons (Fsp3) is 0.562. The zero-order valence-electron chi connectivity index (χ0n) is 13.0. The van der Waals surface area contributed by atoms with Gasteiger partial charge in [-0.1, -0.05) is 12.8 Å². The molecule has 3 rings (SSSR count). The average molecular weight is 318 g/mol. The number of carbonyl (C=O) groups is 1. The van der Waals surface area contributed by atoms with Gasteiger partial charge in [-0.3, -0.25) is 19.8 Å². The molecule has 7 nitrogen and oxygen atoms in total. The van der Waals surface area contributed by atoms with Crippen LogP contribution < -0.4 is 11.1 Å². The van der Waals surface area contributed by atoms with E-state index in [1.165, 1.54) is 37.8 Å². The number of likely N-dealkylation sites (tertiary alicyclic amines) is 1. The lowest BCUT2D eigenvalue weighted by atomic mass is 10.1. The van der Waals surface area contributed by atoms with Crippen molar-refractivity contribution in [2.24, 2.45) is 5.73 Å². The molecule has 1 aromatic rings. The van der Waals surface area contributed by atoms with Gasteiger partial charge in [0.1, 0.15) is 0 Å². The number of nitro groups is 1. The van der Waals surface area contributed by atoms with Crippen LogP contribution in [0, 0.1) is 10.1 Å². The molecule has 1 atom stereocenters. The maximum absolute atomic E-state index is 11.6. The van der Waals surface area contributed by atoms with Gasteiger partial charge in [-0.05, 0) is 25.3 Å². The van der Waals surface area contributed by atoms with Crippen LogP contribution >= 0.6 is 0 Å². The zero-order valence-corrected chi connectivity index (χ0v) is 13.0. The number of nitrogens with zero attached hydrogens (tertiary/aromatic N) is 2. The molecule has 0 aromatic heterocycles. The maximum atomic E-state index is 11.6. The Morgan fingerprint density at radius 3 is 2.70 bits per heavy atom. The topological polar surface area (TPSA) is 102 Å². The Kier molecular flexibility index (Phi) is 4.47. The Labute approximate surface area is 135 Å². The third-order valence-electron chi connectivity index (χ3n) is 4.90. The summed E-state index contributed by atoms with van der Waals surface area (Å²) in [5.74, 6) is -0.651. The number of rotatable bonds is 5. The summed E-state index contributed by atoms with van der Waals surface area (Å²) in [6.07, 6.45) is 6.18. The smallest absolute Gasteiger partial charge is 0.270 e. The summed E-state index contributed by atoms with van der Waals surface area (Å²) in [6.45, 7) is 2.00. The van der Waals surface area contributed by atoms with Gasteiger partial charge in [0.2, 0.25) is 0 Å². The molecule has 2 fully saturated rings. The van der Waals surface area contributed by atoms with Crippen molar-refractivity contribution in [2.45, 2.75) is 44.2 Å². The fourth-order valence-electron chi connectivity index (χ4n) is 3.70. The van der Waals surface area contributed by atoms with Crippen LogP contribution in [0.5, 0.6) is 0 Å². The average Bonchev–Trinajstić information content (AvgIpc) is 3.17. The third-order valence-corrected chi connectivity index (χ3v) is 4.90. The van der Waals surface area contributed by atoms with Crippen LogP contribution in [0.1, 0.15) is 42.5 Å². The van der Waals surface area contributed by atoms with Crippen molar-refractivity contribution >= 4 is 17.3 Å². The van der Waals surface area contributed by atoms with E-state index in [0.29, 0.717) is 11.7 Å². The van der Waals surface area contributed by atoms with Crippen molar-refractivity contribution in [1.82, 2.24) is 4.90 Å². The van der Waals surface area contributed by atoms with E-state index < -0.39 is 10.8 Å². The molecule has 1 heterocycles. The second-order valence-electron chi connectivity index (χ2n) is 6.41. The van der Waals surface area contributed by atoms with Crippen molar-refractivity contribution in [3.8, 4) is 0 Å². The minimum Gasteiger partial charge on any atom is -0.380 e. The summed E-state index contributed by atoms with van der Waals surface area (Å²) in [4.78, 5) is 24.4. The molecule has 124 valence electrons. The fourth-order valence-corrected chi connectivity index (χ4v) is 3.70. The molecule has 0 bridgehead atoms. The number of amides is 1. The van der Waals surface area contributed by atoms with E-state index in [9.17, 15) is 14.9 Å². The Morgan fingerprint density at radius 1 is 1.30 bits per heavy atom. The first kappa shape index (κ1) is 15.7. The highest BCUT2D eigenvalue weighted by Crippen LogP contribution is 2.29. The summed E-state index contributed by atoms with van der Waals surface area (Å²) in [5, 5.41) is 14.2. The lowest BCUT2D eigenvalue weighted by Crippen LogP contribution is -2.33. The molecule has 1 aliphatic carbocycles. The van der Waals surface area contributed by atoms with E-state index >= 15 is 0 Å². The van der Waals surface area contributed by atoms with Crippen molar-refractivity contribution in [3.05, 3.63) is 33.9 Å². The van der Waals surface area contributed by atoms with Gasteiger partial charge >= 0.3 is 0 Å². The molecule has 3 N–H and O–H groups in total. The monoisotopic (exact) mass is 318 g/mol. The molecular formula is C16H22N4O3. The normalized spacial score (nSPS) is 22.3. The third kappa shape index (κ3) is 3.44. The van der Waals surface area contributed by atoms with Crippen LogP contribution in [0.4, 0.5) is 11.4 Å². The predicted octanol–water partition coefficient (Wildman–Crippen LogP) is 2.12. The van der Waals surface area contributed by atoms with Crippen LogP contribution in [0.15, 0.2) is 18.2 Å². The quantitative estimate of drug-likeness (QED) is 0.639. The van der Waals surface area contributed by atoms with Crippen LogP contribution in [0.3, 0.4) is 0 Å². The number of nitro benzene ring substituents is 1. The van der Waals surface area contributed by atoms with Gasteiger partial charge in [-0.2, -0.15) is 0 Å². The standard InChI is InChI=1S/C16H22N4O3/c17-16(21)14-9-13(20(22)23)5-6-15(14)18-11-7-8-19(10-11)12-3-1-2-4-12/h5-6,9,11-12,18H,1-4,7-8,10H2,(H2,17,21)/t11-/m0/s1. The van der Waals surface area contributed by atoms with Gasteiger partial charge in [0.15, 0.2) is 0 Å². The second kappa shape index (κ2) is 6.54. The highest BCUT2D eigenvalue weighted by molar-refractivity contribution is 5.99. The number of hydrogen-bond acceptors (Lipinski definition) is 5. The molecule has 2 aliphatic rings. The Balaban J connectivity index is 1.70. The first-order valence-corrected chi connectivity index (χ1v) is 8.13. The number of nitrogens with one attached hydrogen (secondary N) is 1. The van der Waals surface area contributed by atoms with Gasteiger partial charge in [0.25, 0.3) is 11.6 Å². The summed E-state index contributed by atoms with van der Waals surface area (Å²) < 4.78 is 0. The molecule has 1 aliphatic heterocycles. The molecule has 0 unspecified atom stereocenters. The van der Waals surface area contributed by atoms with E-state index in [4.69, 9.17) is 5.73 Å². The summed E-state index contributed by atoms with van der Waals surface area (Å²) >= 11 is 0. The molecule has 1 saturated carbocycles. The van der Waals surface area contributed by atoms with Crippen LogP contribution in [-0.4, -0.2) is 40.9 Å². The van der Waals surface area contributed by atoms with Crippen molar-refractivity contribution in [3.63, 3.8) is 0 Å². The number of carbonyl (C=O) groups excluding carboxylic acids is 1. The van der Waals surface area contributed by atoms with Crippen LogP contribution in [-0.2, 0) is 0 Å². The molecule has 1 aromatic carbocycles. The molecular weight excluding hydrogens is 296 g/mol. The molecule has 23 heavy (non-hydrogen) atoms. The minimum absolute atomic E-state index is 0.122. The molecule has 0 spiro atoms. The number of primary amides is 1. The minimum atomic E-state index is -0.651. The molecule has 1 saturated heterocycles. The zero-order chi connectivity index (χ0) is 16.4. The van der Waals surface area contributed by atoms with Gasteiger partial charge < -0.3 is 11.1 Å². The SMILES string of the molecule is NC(=O)c1cc([N+](=O)[O-])ccc1N[C@H]1CCN(C2CCCC2)C1.